The summed E-state index contributed by atoms with van der Waals surface area (Å²) in [6, 6.07) is 7.93. The Balaban J connectivity index is 1.89. The molecule has 0 atom stereocenters. The van der Waals surface area contributed by atoms with Crippen molar-refractivity contribution in [3.63, 3.8) is 0 Å². The number of hydrogen-bond acceptors (Lipinski definition) is 6. The number of carbonyl (C=O) groups is 1. The van der Waals surface area contributed by atoms with Crippen LogP contribution in [0, 0.1) is 10.1 Å². The van der Waals surface area contributed by atoms with E-state index in [9.17, 15) is 14.9 Å². The second-order valence-corrected chi connectivity index (χ2v) is 4.94. The number of aromatic nitrogens is 3. The molecular weight excluding hydrogens is 298 g/mol. The van der Waals surface area contributed by atoms with Crippen LogP contribution in [0.4, 0.5) is 11.4 Å². The minimum atomic E-state index is -0.509. The van der Waals surface area contributed by atoms with Crippen LogP contribution >= 0.6 is 0 Å². The molecule has 2 heterocycles. The van der Waals surface area contributed by atoms with Gasteiger partial charge in [-0.3, -0.25) is 14.9 Å². The molecule has 0 spiro atoms. The predicted octanol–water partition coefficient (Wildman–Crippen LogP) is 2.45. The van der Waals surface area contributed by atoms with Gasteiger partial charge in [-0.05, 0) is 25.1 Å². The third kappa shape index (κ3) is 2.86. The summed E-state index contributed by atoms with van der Waals surface area (Å²) >= 11 is 0. The van der Waals surface area contributed by atoms with E-state index in [1.807, 2.05) is 0 Å². The van der Waals surface area contributed by atoms with Gasteiger partial charge >= 0.3 is 0 Å². The van der Waals surface area contributed by atoms with E-state index in [2.05, 4.69) is 15.4 Å². The number of hydrogen-bond donors (Lipinski definition) is 1. The van der Waals surface area contributed by atoms with Crippen molar-refractivity contribution in [2.75, 3.05) is 5.32 Å². The quantitative estimate of drug-likeness (QED) is 0.441. The molecule has 0 fully saturated rings. The Morgan fingerprint density at radius 3 is 2.87 bits per heavy atom. The summed E-state index contributed by atoms with van der Waals surface area (Å²) in [5.41, 5.74) is 2.02. The average Bonchev–Trinajstić information content (AvgIpc) is 3.01. The molecule has 0 saturated carbocycles. The van der Waals surface area contributed by atoms with Crippen LogP contribution in [0.2, 0.25) is 0 Å². The number of anilines is 1. The average molecular weight is 311 g/mol. The molecule has 1 N–H and O–H groups in total. The molecule has 0 saturated heterocycles. The van der Waals surface area contributed by atoms with Gasteiger partial charge in [-0.15, -0.1) is 0 Å². The van der Waals surface area contributed by atoms with Crippen molar-refractivity contribution < 1.29 is 9.72 Å². The van der Waals surface area contributed by atoms with E-state index in [4.69, 9.17) is 0 Å². The van der Waals surface area contributed by atoms with Crippen LogP contribution in [0.1, 0.15) is 23.0 Å². The third-order valence-electron chi connectivity index (χ3n) is 3.43. The van der Waals surface area contributed by atoms with Gasteiger partial charge in [0.05, 0.1) is 23.4 Å². The van der Waals surface area contributed by atoms with Gasteiger partial charge in [-0.1, -0.05) is 0 Å². The normalized spacial score (nSPS) is 10.7. The van der Waals surface area contributed by atoms with Gasteiger partial charge in [0.2, 0.25) is 0 Å². The summed E-state index contributed by atoms with van der Waals surface area (Å²) in [6.45, 7) is 1.71. The van der Waals surface area contributed by atoms with Crippen LogP contribution in [-0.2, 0) is 6.54 Å². The summed E-state index contributed by atoms with van der Waals surface area (Å²) in [5.74, 6) is -0.216. The van der Waals surface area contributed by atoms with Crippen molar-refractivity contribution in [2.24, 2.45) is 0 Å². The number of Topliss-reactive ketones (excluding diaryl/α,β-unsaturated/α-hetero) is 1. The SMILES string of the molecule is CC(=O)c1ccc(NCc2ccnc3ccnn23)c([N+](=O)[O-])c1. The highest BCUT2D eigenvalue weighted by atomic mass is 16.6. The first-order valence-corrected chi connectivity index (χ1v) is 6.87. The number of ketones is 1. The zero-order valence-electron chi connectivity index (χ0n) is 12.3. The molecule has 0 aliphatic rings. The second-order valence-electron chi connectivity index (χ2n) is 4.94. The van der Waals surface area contributed by atoms with Crippen LogP contribution < -0.4 is 5.32 Å². The summed E-state index contributed by atoms with van der Waals surface area (Å²) < 4.78 is 1.66. The summed E-state index contributed by atoms with van der Waals surface area (Å²) in [4.78, 5) is 26.2. The van der Waals surface area contributed by atoms with Gasteiger partial charge in [0.15, 0.2) is 11.4 Å². The molecule has 0 aliphatic heterocycles. The minimum absolute atomic E-state index is 0.136. The molecule has 0 unspecified atom stereocenters. The van der Waals surface area contributed by atoms with Gasteiger partial charge in [0.25, 0.3) is 5.69 Å². The molecule has 8 nitrogen and oxygen atoms in total. The van der Waals surface area contributed by atoms with E-state index in [1.165, 1.54) is 19.1 Å². The molecule has 116 valence electrons. The van der Waals surface area contributed by atoms with E-state index < -0.39 is 4.92 Å². The Labute approximate surface area is 130 Å². The number of carbonyl (C=O) groups excluding carboxylic acids is 1. The number of nitro groups is 1. The molecule has 3 rings (SSSR count). The van der Waals surface area contributed by atoms with Gasteiger partial charge in [0.1, 0.15) is 5.69 Å². The van der Waals surface area contributed by atoms with Gasteiger partial charge in [-0.25, -0.2) is 9.50 Å². The summed E-state index contributed by atoms with van der Waals surface area (Å²) in [7, 11) is 0. The third-order valence-corrected chi connectivity index (χ3v) is 3.43. The van der Waals surface area contributed by atoms with Crippen molar-refractivity contribution in [1.82, 2.24) is 14.6 Å². The fourth-order valence-electron chi connectivity index (χ4n) is 2.26. The minimum Gasteiger partial charge on any atom is -0.374 e. The van der Waals surface area contributed by atoms with E-state index in [0.717, 1.165) is 5.69 Å². The largest absolute Gasteiger partial charge is 0.374 e. The maximum absolute atomic E-state index is 11.4. The number of nitro benzene ring substituents is 1. The van der Waals surface area contributed by atoms with Gasteiger partial charge in [0, 0.05) is 23.9 Å². The van der Waals surface area contributed by atoms with Crippen LogP contribution in [0.15, 0.2) is 42.7 Å². The van der Waals surface area contributed by atoms with Crippen LogP contribution in [0.25, 0.3) is 5.65 Å². The predicted molar refractivity (Wildman–Crippen MR) is 83.4 cm³/mol. The molecule has 3 aromatic rings. The van der Waals surface area contributed by atoms with Crippen molar-refractivity contribution in [2.45, 2.75) is 13.5 Å². The molecule has 2 aromatic heterocycles. The van der Waals surface area contributed by atoms with E-state index in [1.54, 1.807) is 35.1 Å². The Morgan fingerprint density at radius 2 is 2.13 bits per heavy atom. The molecular formula is C15H13N5O3. The Hall–Kier alpha value is -3.29. The number of nitrogens with one attached hydrogen (secondary N) is 1. The van der Waals surface area contributed by atoms with Crippen LogP contribution in [-0.4, -0.2) is 25.3 Å². The Kier molecular flexibility index (Phi) is 3.71. The van der Waals surface area contributed by atoms with Gasteiger partial charge in [-0.2, -0.15) is 5.10 Å². The van der Waals surface area contributed by atoms with Crippen molar-refractivity contribution in [3.05, 3.63) is 64.1 Å². The van der Waals surface area contributed by atoms with Gasteiger partial charge < -0.3 is 5.32 Å². The lowest BCUT2D eigenvalue weighted by atomic mass is 10.1. The summed E-state index contributed by atoms with van der Waals surface area (Å²) in [6.07, 6.45) is 3.29. The lowest BCUT2D eigenvalue weighted by molar-refractivity contribution is -0.384. The Bertz CT molecular complexity index is 903. The fraction of sp³-hybridized carbons (Fsp3) is 0.133. The molecule has 23 heavy (non-hydrogen) atoms. The maximum atomic E-state index is 11.4. The van der Waals surface area contributed by atoms with E-state index in [-0.39, 0.29) is 11.5 Å². The number of rotatable bonds is 5. The first kappa shape index (κ1) is 14.6. The topological polar surface area (TPSA) is 102 Å². The molecule has 0 radical (unpaired) electrons. The van der Waals surface area contributed by atoms with Crippen molar-refractivity contribution in [3.8, 4) is 0 Å². The first-order chi connectivity index (χ1) is 11.1. The Morgan fingerprint density at radius 1 is 1.30 bits per heavy atom. The van der Waals surface area contributed by atoms with E-state index in [0.29, 0.717) is 23.4 Å². The zero-order chi connectivity index (χ0) is 16.4. The summed E-state index contributed by atoms with van der Waals surface area (Å²) in [5, 5.41) is 18.4. The standard InChI is InChI=1S/C15H13N5O3/c1-10(21)11-2-3-13(14(8-11)20(22)23)17-9-12-4-6-16-15-5-7-18-19(12)15/h2-8,17H,9H2,1H3. The fourth-order valence-corrected chi connectivity index (χ4v) is 2.26. The molecule has 0 amide bonds. The lowest BCUT2D eigenvalue weighted by Crippen LogP contribution is -2.08. The van der Waals surface area contributed by atoms with E-state index >= 15 is 0 Å². The number of benzene rings is 1. The first-order valence-electron chi connectivity index (χ1n) is 6.87. The van der Waals surface area contributed by atoms with Crippen molar-refractivity contribution in [1.29, 1.82) is 0 Å². The highest BCUT2D eigenvalue weighted by Crippen LogP contribution is 2.26. The smallest absolute Gasteiger partial charge is 0.293 e. The highest BCUT2D eigenvalue weighted by molar-refractivity contribution is 5.95. The molecule has 8 heteroatoms. The number of fused-ring (bicyclic) bond motifs is 1. The lowest BCUT2D eigenvalue weighted by Gasteiger charge is -2.09. The highest BCUT2D eigenvalue weighted by Gasteiger charge is 2.16. The van der Waals surface area contributed by atoms with Crippen LogP contribution in [0.3, 0.4) is 0 Å². The van der Waals surface area contributed by atoms with Crippen molar-refractivity contribution >= 4 is 22.8 Å². The molecule has 0 aliphatic carbocycles. The maximum Gasteiger partial charge on any atom is 0.293 e. The second kappa shape index (κ2) is 5.84. The molecule has 1 aromatic carbocycles. The zero-order valence-corrected chi connectivity index (χ0v) is 12.3. The van der Waals surface area contributed by atoms with Crippen LogP contribution in [0.5, 0.6) is 0 Å². The molecule has 0 bridgehead atoms. The number of nitrogens with zero attached hydrogens (tertiary/aromatic N) is 4. The monoisotopic (exact) mass is 311 g/mol.